The molecule has 0 amide bonds. The van der Waals surface area contributed by atoms with Crippen molar-refractivity contribution in [2.45, 2.75) is 32.6 Å². The van der Waals surface area contributed by atoms with Gasteiger partial charge in [0.2, 0.25) is 5.95 Å². The van der Waals surface area contributed by atoms with Crippen molar-refractivity contribution in [2.75, 3.05) is 31.6 Å². The summed E-state index contributed by atoms with van der Waals surface area (Å²) in [7, 11) is 2.02. The Labute approximate surface area is 103 Å². The van der Waals surface area contributed by atoms with Gasteiger partial charge in [0, 0.05) is 19.0 Å². The van der Waals surface area contributed by atoms with Gasteiger partial charge in [-0.25, -0.2) is 0 Å². The highest BCUT2D eigenvalue weighted by Gasteiger charge is 2.21. The van der Waals surface area contributed by atoms with Crippen LogP contribution in [0.25, 0.3) is 0 Å². The van der Waals surface area contributed by atoms with Crippen LogP contribution in [0.15, 0.2) is 0 Å². The molecule has 2 N–H and O–H groups in total. The number of anilines is 1. The molecule has 0 atom stereocenters. The Balaban J connectivity index is 1.91. The van der Waals surface area contributed by atoms with Crippen LogP contribution in [0.3, 0.4) is 0 Å². The minimum Gasteiger partial charge on any atom is -0.340 e. The molecule has 0 spiro atoms. The molecule has 0 aliphatic carbocycles. The van der Waals surface area contributed by atoms with Crippen molar-refractivity contribution < 1.29 is 0 Å². The lowest BCUT2D eigenvalue weighted by Crippen LogP contribution is -2.37. The zero-order valence-corrected chi connectivity index (χ0v) is 11.0. The lowest BCUT2D eigenvalue weighted by Gasteiger charge is -2.30. The maximum Gasteiger partial charge on any atom is 0.244 e. The van der Waals surface area contributed by atoms with Crippen LogP contribution in [0, 0.1) is 5.92 Å². The lowest BCUT2D eigenvalue weighted by atomic mass is 9.97. The maximum absolute atomic E-state index is 4.55. The summed E-state index contributed by atoms with van der Waals surface area (Å²) in [6.07, 6.45) is 2.46. The molecular weight excluding hydrogens is 214 g/mol. The number of hydrogen-bond donors (Lipinski definition) is 2. The first-order valence-electron chi connectivity index (χ1n) is 6.52. The predicted octanol–water partition coefficient (Wildman–Crippen LogP) is 1.36. The van der Waals surface area contributed by atoms with Gasteiger partial charge in [0.05, 0.1) is 0 Å². The van der Waals surface area contributed by atoms with Gasteiger partial charge in [-0.3, -0.25) is 5.10 Å². The third-order valence-electron chi connectivity index (χ3n) is 3.43. The normalized spacial score (nSPS) is 18.0. The van der Waals surface area contributed by atoms with Crippen molar-refractivity contribution in [3.63, 3.8) is 0 Å². The van der Waals surface area contributed by atoms with Crippen LogP contribution in [-0.2, 0) is 0 Å². The first-order chi connectivity index (χ1) is 8.20. The monoisotopic (exact) mass is 237 g/mol. The predicted molar refractivity (Wildman–Crippen MR) is 69.3 cm³/mol. The Morgan fingerprint density at radius 1 is 1.41 bits per heavy atom. The number of nitrogens with zero attached hydrogens (tertiary/aromatic N) is 3. The molecule has 1 fully saturated rings. The van der Waals surface area contributed by atoms with E-state index in [4.69, 9.17) is 0 Å². The summed E-state index contributed by atoms with van der Waals surface area (Å²) in [5, 5.41) is 10.6. The minimum atomic E-state index is 0.415. The molecule has 0 aromatic carbocycles. The smallest absolute Gasteiger partial charge is 0.244 e. The van der Waals surface area contributed by atoms with E-state index in [0.717, 1.165) is 37.3 Å². The molecule has 0 bridgehead atoms. The highest BCUT2D eigenvalue weighted by molar-refractivity contribution is 5.29. The molecule has 0 radical (unpaired) electrons. The summed E-state index contributed by atoms with van der Waals surface area (Å²) in [5.74, 6) is 3.08. The van der Waals surface area contributed by atoms with Gasteiger partial charge in [-0.2, -0.15) is 4.98 Å². The van der Waals surface area contributed by atoms with Gasteiger partial charge in [-0.15, -0.1) is 5.10 Å². The van der Waals surface area contributed by atoms with Crippen LogP contribution in [0.2, 0.25) is 0 Å². The second kappa shape index (κ2) is 5.49. The van der Waals surface area contributed by atoms with E-state index in [9.17, 15) is 0 Å². The van der Waals surface area contributed by atoms with Crippen molar-refractivity contribution in [3.05, 3.63) is 5.82 Å². The summed E-state index contributed by atoms with van der Waals surface area (Å²) in [6.45, 7) is 7.52. The van der Waals surface area contributed by atoms with E-state index in [2.05, 4.69) is 39.2 Å². The number of piperidine rings is 1. The quantitative estimate of drug-likeness (QED) is 0.830. The largest absolute Gasteiger partial charge is 0.340 e. The molecule has 2 rings (SSSR count). The van der Waals surface area contributed by atoms with Gasteiger partial charge in [-0.05, 0) is 32.4 Å². The Morgan fingerprint density at radius 2 is 2.12 bits per heavy atom. The number of nitrogens with one attached hydrogen (secondary N) is 2. The number of rotatable bonds is 4. The molecule has 1 aliphatic heterocycles. The van der Waals surface area contributed by atoms with Gasteiger partial charge in [0.15, 0.2) is 0 Å². The van der Waals surface area contributed by atoms with E-state index >= 15 is 0 Å². The van der Waals surface area contributed by atoms with Crippen LogP contribution < -0.4 is 10.2 Å². The molecule has 1 saturated heterocycles. The summed E-state index contributed by atoms with van der Waals surface area (Å²) < 4.78 is 0. The average molecular weight is 237 g/mol. The van der Waals surface area contributed by atoms with Crippen molar-refractivity contribution in [1.29, 1.82) is 0 Å². The van der Waals surface area contributed by atoms with Crippen molar-refractivity contribution >= 4 is 5.95 Å². The van der Waals surface area contributed by atoms with E-state index in [1.807, 2.05) is 7.05 Å². The van der Waals surface area contributed by atoms with Crippen LogP contribution in [-0.4, -0.2) is 41.9 Å². The zero-order chi connectivity index (χ0) is 12.3. The Bertz CT molecular complexity index is 338. The second-order valence-electron chi connectivity index (χ2n) is 5.16. The summed E-state index contributed by atoms with van der Waals surface area (Å²) in [4.78, 5) is 6.83. The topological polar surface area (TPSA) is 56.8 Å². The fourth-order valence-electron chi connectivity index (χ4n) is 2.29. The molecule has 5 heteroatoms. The van der Waals surface area contributed by atoms with Crippen molar-refractivity contribution in [3.8, 4) is 0 Å². The molecule has 2 heterocycles. The molecule has 1 aliphatic rings. The standard InChI is InChI=1S/C12H23N5/c1-9(2)11-14-12(16-15-11)17-6-4-10(5-7-17)8-13-3/h9-10,13H,4-8H2,1-3H3,(H,14,15,16). The molecule has 0 saturated carbocycles. The Hall–Kier alpha value is -1.10. The SMILES string of the molecule is CNCC1CCN(c2n[nH]c(C(C)C)n2)CC1. The first kappa shape index (κ1) is 12.4. The molecule has 96 valence electrons. The van der Waals surface area contributed by atoms with E-state index < -0.39 is 0 Å². The second-order valence-corrected chi connectivity index (χ2v) is 5.16. The summed E-state index contributed by atoms with van der Waals surface area (Å²) in [5.41, 5.74) is 0. The van der Waals surface area contributed by atoms with Gasteiger partial charge < -0.3 is 10.2 Å². The van der Waals surface area contributed by atoms with Crippen LogP contribution in [0.1, 0.15) is 38.4 Å². The fourth-order valence-corrected chi connectivity index (χ4v) is 2.29. The number of H-pyrrole nitrogens is 1. The Kier molecular flexibility index (Phi) is 3.99. The van der Waals surface area contributed by atoms with Crippen LogP contribution in [0.5, 0.6) is 0 Å². The third kappa shape index (κ3) is 2.97. The average Bonchev–Trinajstić information content (AvgIpc) is 2.80. The van der Waals surface area contributed by atoms with E-state index in [1.54, 1.807) is 0 Å². The minimum absolute atomic E-state index is 0.415. The molecule has 1 aromatic heterocycles. The van der Waals surface area contributed by atoms with Crippen LogP contribution in [0.4, 0.5) is 5.95 Å². The van der Waals surface area contributed by atoms with Gasteiger partial charge in [-0.1, -0.05) is 13.8 Å². The molecule has 0 unspecified atom stereocenters. The summed E-state index contributed by atoms with van der Waals surface area (Å²) >= 11 is 0. The van der Waals surface area contributed by atoms with Crippen molar-refractivity contribution in [1.82, 2.24) is 20.5 Å². The fraction of sp³-hybridized carbons (Fsp3) is 0.833. The number of aromatic nitrogens is 3. The van der Waals surface area contributed by atoms with Gasteiger partial charge in [0.25, 0.3) is 0 Å². The molecule has 1 aromatic rings. The zero-order valence-electron chi connectivity index (χ0n) is 11.0. The first-order valence-corrected chi connectivity index (χ1v) is 6.52. The van der Waals surface area contributed by atoms with Gasteiger partial charge in [0.1, 0.15) is 5.82 Å². The third-order valence-corrected chi connectivity index (χ3v) is 3.43. The van der Waals surface area contributed by atoms with E-state index in [-0.39, 0.29) is 0 Å². The van der Waals surface area contributed by atoms with Gasteiger partial charge >= 0.3 is 0 Å². The summed E-state index contributed by atoms with van der Waals surface area (Å²) in [6, 6.07) is 0. The molecule has 17 heavy (non-hydrogen) atoms. The number of hydrogen-bond acceptors (Lipinski definition) is 4. The van der Waals surface area contributed by atoms with E-state index in [1.165, 1.54) is 12.8 Å². The lowest BCUT2D eigenvalue weighted by molar-refractivity contribution is 0.391. The van der Waals surface area contributed by atoms with Crippen molar-refractivity contribution in [2.24, 2.45) is 5.92 Å². The van der Waals surface area contributed by atoms with E-state index in [0.29, 0.717) is 5.92 Å². The number of aromatic amines is 1. The highest BCUT2D eigenvalue weighted by atomic mass is 15.4. The molecular formula is C12H23N5. The highest BCUT2D eigenvalue weighted by Crippen LogP contribution is 2.21. The maximum atomic E-state index is 4.55. The van der Waals surface area contributed by atoms with Crippen LogP contribution >= 0.6 is 0 Å². The molecule has 5 nitrogen and oxygen atoms in total. The Morgan fingerprint density at radius 3 is 2.65 bits per heavy atom.